The van der Waals surface area contributed by atoms with Crippen molar-refractivity contribution in [3.63, 3.8) is 0 Å². The smallest absolute Gasteiger partial charge is 0.0217 e. The van der Waals surface area contributed by atoms with E-state index < -0.39 is 0 Å². The first kappa shape index (κ1) is 23.8. The Morgan fingerprint density at radius 1 is 0.417 bits per heavy atom. The van der Waals surface area contributed by atoms with Crippen LogP contribution in [0.25, 0.3) is 11.1 Å². The minimum Gasteiger partial charge on any atom is -0.0647 e. The Labute approximate surface area is 222 Å². The van der Waals surface area contributed by atoms with Crippen molar-refractivity contribution >= 4 is 27.1 Å². The van der Waals surface area contributed by atoms with E-state index in [1.54, 1.807) is 0 Å². The van der Waals surface area contributed by atoms with Crippen molar-refractivity contribution in [2.24, 2.45) is 0 Å². The standard InChI is InChI=1S/C35H27Br/c36-33-23-21-27(22-24-33)32(25-34(28-13-5-1-6-14-28)29-15-7-2-8-16-29)26-35(30-17-9-3-10-18-30)31-19-11-4-12-20-31/h1-26,32H. The Balaban J connectivity index is 1.74. The molecule has 5 aromatic rings. The third-order valence-electron chi connectivity index (χ3n) is 6.29. The molecule has 0 heterocycles. The van der Waals surface area contributed by atoms with Gasteiger partial charge in [-0.25, -0.2) is 0 Å². The SMILES string of the molecule is Brc1ccc(C(C=C(c2ccccc2)c2ccccc2)C=C(c2ccccc2)c2ccccc2)cc1. The second-order valence-corrected chi connectivity index (χ2v) is 9.62. The van der Waals surface area contributed by atoms with E-state index in [0.717, 1.165) is 4.47 Å². The van der Waals surface area contributed by atoms with Crippen molar-refractivity contribution in [2.45, 2.75) is 5.92 Å². The zero-order chi connectivity index (χ0) is 24.6. The molecule has 0 amide bonds. The zero-order valence-corrected chi connectivity index (χ0v) is 21.6. The molecule has 0 nitrogen and oxygen atoms in total. The van der Waals surface area contributed by atoms with Crippen LogP contribution in [0.3, 0.4) is 0 Å². The molecule has 0 bridgehead atoms. The fraction of sp³-hybridized carbons (Fsp3) is 0.0286. The maximum Gasteiger partial charge on any atom is 0.0217 e. The van der Waals surface area contributed by atoms with Crippen LogP contribution in [0.1, 0.15) is 33.7 Å². The third-order valence-corrected chi connectivity index (χ3v) is 6.82. The highest BCUT2D eigenvalue weighted by Gasteiger charge is 2.14. The van der Waals surface area contributed by atoms with Gasteiger partial charge in [0, 0.05) is 10.4 Å². The highest BCUT2D eigenvalue weighted by Crippen LogP contribution is 2.34. The van der Waals surface area contributed by atoms with Gasteiger partial charge >= 0.3 is 0 Å². The molecule has 0 spiro atoms. The highest BCUT2D eigenvalue weighted by molar-refractivity contribution is 9.10. The zero-order valence-electron chi connectivity index (χ0n) is 20.0. The molecule has 1 heteroatoms. The van der Waals surface area contributed by atoms with E-state index in [-0.39, 0.29) is 5.92 Å². The van der Waals surface area contributed by atoms with Crippen molar-refractivity contribution < 1.29 is 0 Å². The lowest BCUT2D eigenvalue weighted by Gasteiger charge is -2.17. The normalized spacial score (nSPS) is 10.6. The molecule has 0 aliphatic carbocycles. The number of hydrogen-bond acceptors (Lipinski definition) is 0. The van der Waals surface area contributed by atoms with Gasteiger partial charge in [-0.05, 0) is 51.1 Å². The fourth-order valence-electron chi connectivity index (χ4n) is 4.47. The third kappa shape index (κ3) is 5.82. The van der Waals surface area contributed by atoms with Crippen molar-refractivity contribution in [3.05, 3.63) is 190 Å². The molecule has 5 rings (SSSR count). The van der Waals surface area contributed by atoms with Gasteiger partial charge in [0.1, 0.15) is 0 Å². The predicted octanol–water partition coefficient (Wildman–Crippen LogP) is 9.80. The molecular formula is C35H27Br. The molecule has 0 saturated heterocycles. The summed E-state index contributed by atoms with van der Waals surface area (Å²) in [7, 11) is 0. The first-order valence-electron chi connectivity index (χ1n) is 12.2. The van der Waals surface area contributed by atoms with Gasteiger partial charge in [-0.3, -0.25) is 0 Å². The van der Waals surface area contributed by atoms with Gasteiger partial charge in [0.15, 0.2) is 0 Å². The van der Waals surface area contributed by atoms with Gasteiger partial charge in [0.05, 0.1) is 0 Å². The summed E-state index contributed by atoms with van der Waals surface area (Å²) in [6, 6.07) is 51.3. The fourth-order valence-corrected chi connectivity index (χ4v) is 4.74. The Bertz CT molecular complexity index is 1260. The second kappa shape index (κ2) is 11.7. The van der Waals surface area contributed by atoms with Crippen LogP contribution in [0.4, 0.5) is 0 Å². The van der Waals surface area contributed by atoms with Gasteiger partial charge in [0.25, 0.3) is 0 Å². The summed E-state index contributed by atoms with van der Waals surface area (Å²) in [6.45, 7) is 0. The Morgan fingerprint density at radius 3 is 1.03 bits per heavy atom. The summed E-state index contributed by atoms with van der Waals surface area (Å²) in [4.78, 5) is 0. The second-order valence-electron chi connectivity index (χ2n) is 8.70. The van der Waals surface area contributed by atoms with Crippen molar-refractivity contribution in [3.8, 4) is 0 Å². The summed E-state index contributed by atoms with van der Waals surface area (Å²) in [5.41, 5.74) is 8.52. The van der Waals surface area contributed by atoms with Crippen LogP contribution in [0.15, 0.2) is 162 Å². The first-order valence-corrected chi connectivity index (χ1v) is 13.0. The lowest BCUT2D eigenvalue weighted by atomic mass is 9.87. The van der Waals surface area contributed by atoms with Crippen molar-refractivity contribution in [1.82, 2.24) is 0 Å². The predicted molar refractivity (Wildman–Crippen MR) is 157 cm³/mol. The summed E-state index contributed by atoms with van der Waals surface area (Å²) in [5, 5.41) is 0. The minimum absolute atomic E-state index is 0.0592. The summed E-state index contributed by atoms with van der Waals surface area (Å²) >= 11 is 3.61. The average Bonchev–Trinajstić information content (AvgIpc) is 2.96. The summed E-state index contributed by atoms with van der Waals surface area (Å²) in [5.74, 6) is 0.0592. The number of allylic oxidation sites excluding steroid dienone is 2. The lowest BCUT2D eigenvalue weighted by molar-refractivity contribution is 1.08. The topological polar surface area (TPSA) is 0 Å². The molecule has 174 valence electrons. The van der Waals surface area contributed by atoms with Crippen LogP contribution < -0.4 is 0 Å². The van der Waals surface area contributed by atoms with E-state index in [1.807, 2.05) is 0 Å². The van der Waals surface area contributed by atoms with Crippen molar-refractivity contribution in [2.75, 3.05) is 0 Å². The Hall–Kier alpha value is -3.94. The number of benzene rings is 5. The van der Waals surface area contributed by atoms with Gasteiger partial charge in [-0.1, -0.05) is 162 Å². The molecule has 0 aliphatic rings. The highest BCUT2D eigenvalue weighted by atomic mass is 79.9. The molecule has 0 aliphatic heterocycles. The Morgan fingerprint density at radius 2 is 0.722 bits per heavy atom. The van der Waals surface area contributed by atoms with E-state index in [2.05, 4.69) is 174 Å². The van der Waals surface area contributed by atoms with Crippen LogP contribution in [0, 0.1) is 0 Å². The van der Waals surface area contributed by atoms with E-state index in [9.17, 15) is 0 Å². The van der Waals surface area contributed by atoms with Crippen LogP contribution in [0.2, 0.25) is 0 Å². The number of hydrogen-bond donors (Lipinski definition) is 0. The molecule has 0 atom stereocenters. The molecule has 0 unspecified atom stereocenters. The molecule has 0 aromatic heterocycles. The van der Waals surface area contributed by atoms with Crippen molar-refractivity contribution in [1.29, 1.82) is 0 Å². The maximum atomic E-state index is 3.61. The molecule has 0 saturated carbocycles. The van der Waals surface area contributed by atoms with Gasteiger partial charge in [-0.2, -0.15) is 0 Å². The quantitative estimate of drug-likeness (QED) is 0.198. The molecule has 0 radical (unpaired) electrons. The lowest BCUT2D eigenvalue weighted by Crippen LogP contribution is -1.98. The monoisotopic (exact) mass is 526 g/mol. The molecular weight excluding hydrogens is 500 g/mol. The van der Waals surface area contributed by atoms with Gasteiger partial charge in [0.2, 0.25) is 0 Å². The average molecular weight is 528 g/mol. The molecule has 0 N–H and O–H groups in total. The van der Waals surface area contributed by atoms with E-state index >= 15 is 0 Å². The first-order chi connectivity index (χ1) is 17.8. The van der Waals surface area contributed by atoms with E-state index in [4.69, 9.17) is 0 Å². The van der Waals surface area contributed by atoms with Crippen LogP contribution in [-0.2, 0) is 0 Å². The molecule has 5 aromatic carbocycles. The van der Waals surface area contributed by atoms with E-state index in [1.165, 1.54) is 39.0 Å². The molecule has 0 fully saturated rings. The molecule has 36 heavy (non-hydrogen) atoms. The summed E-state index contributed by atoms with van der Waals surface area (Å²) < 4.78 is 1.08. The van der Waals surface area contributed by atoms with Crippen LogP contribution in [0.5, 0.6) is 0 Å². The Kier molecular flexibility index (Phi) is 7.70. The largest absolute Gasteiger partial charge is 0.0647 e. The van der Waals surface area contributed by atoms with Crippen LogP contribution >= 0.6 is 15.9 Å². The van der Waals surface area contributed by atoms with E-state index in [0.29, 0.717) is 0 Å². The van der Waals surface area contributed by atoms with Gasteiger partial charge < -0.3 is 0 Å². The van der Waals surface area contributed by atoms with Gasteiger partial charge in [-0.15, -0.1) is 0 Å². The summed E-state index contributed by atoms with van der Waals surface area (Å²) in [6.07, 6.45) is 4.81. The van der Waals surface area contributed by atoms with Crippen LogP contribution in [-0.4, -0.2) is 0 Å². The number of halogens is 1. The minimum atomic E-state index is 0.0592. The number of rotatable bonds is 7. The maximum absolute atomic E-state index is 3.61.